The summed E-state index contributed by atoms with van der Waals surface area (Å²) in [5.41, 5.74) is 0.904. The minimum atomic E-state index is -0.562. The lowest BCUT2D eigenvalue weighted by Crippen LogP contribution is -2.48. The summed E-state index contributed by atoms with van der Waals surface area (Å²) in [6.07, 6.45) is 0.962. The summed E-state index contributed by atoms with van der Waals surface area (Å²) in [6.45, 7) is 0.436. The quantitative estimate of drug-likeness (QED) is 0.316. The molecule has 1 aromatic carbocycles. The maximum Gasteiger partial charge on any atom is 0.356 e. The highest BCUT2D eigenvalue weighted by Crippen LogP contribution is 2.47. The van der Waals surface area contributed by atoms with Crippen LogP contribution in [0.15, 0.2) is 34.9 Å². The van der Waals surface area contributed by atoms with Gasteiger partial charge in [-0.25, -0.2) is 4.79 Å². The first-order valence-electron chi connectivity index (χ1n) is 7.62. The van der Waals surface area contributed by atoms with Crippen LogP contribution in [0.5, 0.6) is 0 Å². The molecule has 0 aromatic heterocycles. The van der Waals surface area contributed by atoms with Crippen molar-refractivity contribution in [2.75, 3.05) is 13.7 Å². The van der Waals surface area contributed by atoms with Crippen LogP contribution in [0.3, 0.4) is 0 Å². The lowest BCUT2D eigenvalue weighted by atomic mass is 10.1. The third-order valence-corrected chi connectivity index (χ3v) is 5.26. The van der Waals surface area contributed by atoms with E-state index in [1.807, 2.05) is 0 Å². The average molecular weight is 364 g/mol. The second-order valence-electron chi connectivity index (χ2n) is 5.55. The summed E-state index contributed by atoms with van der Waals surface area (Å²) < 4.78 is 10.4. The molecular formula is C16H16N2O6S. The molecule has 2 heterocycles. The van der Waals surface area contributed by atoms with Crippen LogP contribution >= 0.6 is 11.8 Å². The zero-order valence-corrected chi connectivity index (χ0v) is 14.3. The Morgan fingerprint density at radius 2 is 2.12 bits per heavy atom. The average Bonchev–Trinajstić information content (AvgIpc) is 2.90. The summed E-state index contributed by atoms with van der Waals surface area (Å²) >= 11 is 1.50. The van der Waals surface area contributed by atoms with Gasteiger partial charge in [0.1, 0.15) is 12.3 Å². The van der Waals surface area contributed by atoms with Gasteiger partial charge in [0.05, 0.1) is 23.3 Å². The lowest BCUT2D eigenvalue weighted by molar-refractivity contribution is -0.384. The number of nitro benzene ring substituents is 1. The smallest absolute Gasteiger partial charge is 0.356 e. The van der Waals surface area contributed by atoms with Gasteiger partial charge in [0.25, 0.3) is 5.69 Å². The second-order valence-corrected chi connectivity index (χ2v) is 6.83. The molecule has 1 amide bonds. The Kier molecular flexibility index (Phi) is 5.05. The number of non-ortho nitro benzene ring substituents is 1. The molecule has 2 aliphatic rings. The SMILES string of the molecule is COCCC1=C(C(=O)OCc2ccc([N+](=O)[O-])cc2)N2C(=O)CC2S1. The number of benzene rings is 1. The van der Waals surface area contributed by atoms with Gasteiger partial charge in [-0.2, -0.15) is 0 Å². The van der Waals surface area contributed by atoms with E-state index in [1.54, 1.807) is 7.11 Å². The molecule has 0 spiro atoms. The van der Waals surface area contributed by atoms with Crippen molar-refractivity contribution >= 4 is 29.3 Å². The van der Waals surface area contributed by atoms with Crippen molar-refractivity contribution in [3.05, 3.63) is 50.5 Å². The molecule has 0 N–H and O–H groups in total. The van der Waals surface area contributed by atoms with E-state index in [0.717, 1.165) is 4.91 Å². The van der Waals surface area contributed by atoms with E-state index in [-0.39, 0.29) is 23.6 Å². The first-order valence-corrected chi connectivity index (χ1v) is 8.50. The van der Waals surface area contributed by atoms with Gasteiger partial charge in [-0.15, -0.1) is 11.8 Å². The standard InChI is InChI=1S/C16H16N2O6S/c1-23-7-6-12-15(17-13(19)8-14(17)25-12)16(20)24-9-10-2-4-11(5-3-10)18(21)22/h2-5,14H,6-9H2,1H3. The molecule has 1 fully saturated rings. The van der Waals surface area contributed by atoms with Crippen molar-refractivity contribution in [3.8, 4) is 0 Å². The molecule has 1 saturated heterocycles. The highest BCUT2D eigenvalue weighted by Gasteiger charge is 2.48. The molecular weight excluding hydrogens is 348 g/mol. The first kappa shape index (κ1) is 17.4. The summed E-state index contributed by atoms with van der Waals surface area (Å²) in [7, 11) is 1.58. The van der Waals surface area contributed by atoms with Gasteiger partial charge >= 0.3 is 5.97 Å². The van der Waals surface area contributed by atoms with Gasteiger partial charge in [0.2, 0.25) is 5.91 Å². The molecule has 132 valence electrons. The molecule has 1 aromatic rings. The zero-order valence-electron chi connectivity index (χ0n) is 13.5. The Hall–Kier alpha value is -2.39. The Labute approximate surface area is 147 Å². The fourth-order valence-electron chi connectivity index (χ4n) is 2.62. The predicted octanol–water partition coefficient (Wildman–Crippen LogP) is 2.19. The van der Waals surface area contributed by atoms with E-state index in [2.05, 4.69) is 0 Å². The van der Waals surface area contributed by atoms with Crippen LogP contribution in [-0.4, -0.2) is 40.8 Å². The van der Waals surface area contributed by atoms with Crippen molar-refractivity contribution < 1.29 is 24.0 Å². The summed E-state index contributed by atoms with van der Waals surface area (Å²) in [5, 5.41) is 10.6. The Morgan fingerprint density at radius 3 is 2.72 bits per heavy atom. The number of hydrogen-bond donors (Lipinski definition) is 0. The third-order valence-electron chi connectivity index (χ3n) is 3.93. The van der Waals surface area contributed by atoms with Crippen LogP contribution in [0.1, 0.15) is 18.4 Å². The van der Waals surface area contributed by atoms with Gasteiger partial charge in [0.15, 0.2) is 0 Å². The molecule has 9 heteroatoms. The molecule has 1 unspecified atom stereocenters. The van der Waals surface area contributed by atoms with Gasteiger partial charge in [-0.05, 0) is 17.7 Å². The van der Waals surface area contributed by atoms with Crippen molar-refractivity contribution in [2.45, 2.75) is 24.8 Å². The van der Waals surface area contributed by atoms with Gasteiger partial charge in [-0.1, -0.05) is 0 Å². The van der Waals surface area contributed by atoms with E-state index in [4.69, 9.17) is 9.47 Å². The molecule has 0 aliphatic carbocycles. The Balaban J connectivity index is 1.67. The number of esters is 1. The number of nitrogens with zero attached hydrogens (tertiary/aromatic N) is 2. The number of amides is 1. The number of ether oxygens (including phenoxy) is 2. The molecule has 1 atom stereocenters. The lowest BCUT2D eigenvalue weighted by Gasteiger charge is -2.34. The topological polar surface area (TPSA) is 99.0 Å². The van der Waals surface area contributed by atoms with Crippen LogP contribution < -0.4 is 0 Å². The number of carbonyl (C=O) groups is 2. The zero-order chi connectivity index (χ0) is 18.0. The number of β-lactam (4-membered cyclic amide) rings is 1. The monoisotopic (exact) mass is 364 g/mol. The highest BCUT2D eigenvalue weighted by molar-refractivity contribution is 8.04. The largest absolute Gasteiger partial charge is 0.456 e. The number of rotatable bonds is 7. The highest BCUT2D eigenvalue weighted by atomic mass is 32.2. The molecule has 0 radical (unpaired) electrons. The fraction of sp³-hybridized carbons (Fsp3) is 0.375. The molecule has 0 bridgehead atoms. The number of thioether (sulfide) groups is 1. The maximum absolute atomic E-state index is 12.5. The van der Waals surface area contributed by atoms with Crippen molar-refractivity contribution in [3.63, 3.8) is 0 Å². The molecule has 8 nitrogen and oxygen atoms in total. The molecule has 3 rings (SSSR count). The number of fused-ring (bicyclic) bond motifs is 1. The van der Waals surface area contributed by atoms with Crippen molar-refractivity contribution in [1.29, 1.82) is 0 Å². The number of hydrogen-bond acceptors (Lipinski definition) is 7. The maximum atomic E-state index is 12.5. The van der Waals surface area contributed by atoms with E-state index in [0.29, 0.717) is 30.7 Å². The minimum Gasteiger partial charge on any atom is -0.456 e. The van der Waals surface area contributed by atoms with Gasteiger partial charge < -0.3 is 9.47 Å². The van der Waals surface area contributed by atoms with Crippen LogP contribution in [-0.2, 0) is 25.7 Å². The van der Waals surface area contributed by atoms with Gasteiger partial charge in [-0.3, -0.25) is 19.8 Å². The summed E-state index contributed by atoms with van der Waals surface area (Å²) in [5.74, 6) is -0.653. The number of carbonyl (C=O) groups excluding carboxylic acids is 2. The number of methoxy groups -OCH3 is 1. The Bertz CT molecular complexity index is 745. The van der Waals surface area contributed by atoms with Crippen LogP contribution in [0.2, 0.25) is 0 Å². The van der Waals surface area contributed by atoms with E-state index in [1.165, 1.54) is 40.9 Å². The Morgan fingerprint density at radius 1 is 1.40 bits per heavy atom. The normalized spacial score (nSPS) is 18.8. The van der Waals surface area contributed by atoms with Crippen LogP contribution in [0.4, 0.5) is 5.69 Å². The fourth-order valence-corrected chi connectivity index (χ4v) is 4.00. The van der Waals surface area contributed by atoms with Crippen molar-refractivity contribution in [1.82, 2.24) is 4.90 Å². The predicted molar refractivity (Wildman–Crippen MR) is 89.3 cm³/mol. The summed E-state index contributed by atoms with van der Waals surface area (Å²) in [4.78, 5) is 36.7. The van der Waals surface area contributed by atoms with E-state index < -0.39 is 10.9 Å². The van der Waals surface area contributed by atoms with Crippen molar-refractivity contribution in [2.24, 2.45) is 0 Å². The van der Waals surface area contributed by atoms with E-state index >= 15 is 0 Å². The van der Waals surface area contributed by atoms with Crippen LogP contribution in [0, 0.1) is 10.1 Å². The minimum absolute atomic E-state index is 0.0186. The van der Waals surface area contributed by atoms with Crippen LogP contribution in [0.25, 0.3) is 0 Å². The second kappa shape index (κ2) is 7.24. The third kappa shape index (κ3) is 3.52. The van der Waals surface area contributed by atoms with E-state index in [9.17, 15) is 19.7 Å². The molecule has 25 heavy (non-hydrogen) atoms. The molecule has 0 saturated carbocycles. The number of nitro groups is 1. The van der Waals surface area contributed by atoms with Gasteiger partial charge in [0, 0.05) is 30.6 Å². The molecule has 2 aliphatic heterocycles. The summed E-state index contributed by atoms with van der Waals surface area (Å²) in [6, 6.07) is 5.78. The first-order chi connectivity index (χ1) is 12.0.